The molecule has 0 unspecified atom stereocenters. The highest BCUT2D eigenvalue weighted by atomic mass is 35.5. The van der Waals surface area contributed by atoms with Gasteiger partial charge in [-0.2, -0.15) is 15.1 Å². The van der Waals surface area contributed by atoms with E-state index in [4.69, 9.17) is 11.6 Å². The van der Waals surface area contributed by atoms with E-state index in [9.17, 15) is 10.2 Å². The van der Waals surface area contributed by atoms with E-state index in [1.165, 1.54) is 0 Å². The number of imidazole rings is 1. The molecule has 0 spiro atoms. The highest BCUT2D eigenvalue weighted by Crippen LogP contribution is 2.39. The van der Waals surface area contributed by atoms with Crippen LogP contribution in [0.5, 0.6) is 0 Å². The van der Waals surface area contributed by atoms with E-state index < -0.39 is 0 Å². The lowest BCUT2D eigenvalue weighted by atomic mass is 10.1. The molecule has 3 atom stereocenters. The van der Waals surface area contributed by atoms with Crippen molar-refractivity contribution in [2.45, 2.75) is 50.4 Å². The number of anilines is 1. The van der Waals surface area contributed by atoms with E-state index in [2.05, 4.69) is 29.9 Å². The first-order valence-corrected chi connectivity index (χ1v) is 11.5. The molecular formula is C23H26ClN7O2. The van der Waals surface area contributed by atoms with E-state index in [1.54, 1.807) is 12.5 Å². The number of aromatic nitrogens is 6. The first kappa shape index (κ1) is 21.8. The van der Waals surface area contributed by atoms with Gasteiger partial charge in [0.25, 0.3) is 0 Å². The van der Waals surface area contributed by atoms with Gasteiger partial charge in [-0.15, -0.1) is 0 Å². The summed E-state index contributed by atoms with van der Waals surface area (Å²) in [7, 11) is 0. The van der Waals surface area contributed by atoms with Crippen LogP contribution in [0.3, 0.4) is 0 Å². The third-order valence-corrected chi connectivity index (χ3v) is 6.43. The second kappa shape index (κ2) is 9.46. The molecule has 33 heavy (non-hydrogen) atoms. The van der Waals surface area contributed by atoms with Crippen molar-refractivity contribution >= 4 is 28.6 Å². The molecule has 1 saturated carbocycles. The number of aliphatic hydroxyl groups is 2. The molecule has 9 nitrogen and oxygen atoms in total. The minimum absolute atomic E-state index is 0.00733. The van der Waals surface area contributed by atoms with Crippen LogP contribution in [0.1, 0.15) is 42.5 Å². The highest BCUT2D eigenvalue weighted by molar-refractivity contribution is 6.28. The average Bonchev–Trinajstić information content (AvgIpc) is 3.58. The number of hydrogen-bond donors (Lipinski definition) is 3. The van der Waals surface area contributed by atoms with Crippen LogP contribution >= 0.6 is 11.6 Å². The number of hydrogen-bond acceptors (Lipinski definition) is 7. The molecule has 1 aliphatic rings. The van der Waals surface area contributed by atoms with Crippen molar-refractivity contribution in [3.63, 3.8) is 0 Å². The molecule has 1 fully saturated rings. The molecule has 1 aromatic carbocycles. The standard InChI is InChI=1S/C23H26ClN7O2/c24-23-28-21(27-17(13-33)8-15-4-2-1-3-5-15)20-22(29-23)30(14-25-20)18-6-7-19(9-18)31-11-16(12-32)10-26-31/h1-5,10-11,14,17-19,32-33H,6-9,12-13H2,(H,27,28,29)/t17-,18-,19+/m0/s1. The zero-order valence-electron chi connectivity index (χ0n) is 18.0. The average molecular weight is 468 g/mol. The Morgan fingerprint density at radius 1 is 1.09 bits per heavy atom. The predicted molar refractivity (Wildman–Crippen MR) is 125 cm³/mol. The molecule has 5 rings (SSSR count). The quantitative estimate of drug-likeness (QED) is 0.341. The third kappa shape index (κ3) is 4.57. The maximum absolute atomic E-state index is 9.94. The Bertz CT molecular complexity index is 1230. The lowest BCUT2D eigenvalue weighted by Gasteiger charge is -2.18. The summed E-state index contributed by atoms with van der Waals surface area (Å²) < 4.78 is 4.00. The van der Waals surface area contributed by atoms with Crippen LogP contribution in [-0.2, 0) is 13.0 Å². The Labute approximate surface area is 196 Å². The summed E-state index contributed by atoms with van der Waals surface area (Å²) in [5, 5.41) is 27.1. The lowest BCUT2D eigenvalue weighted by Crippen LogP contribution is -2.27. The molecule has 4 aromatic rings. The zero-order valence-corrected chi connectivity index (χ0v) is 18.8. The van der Waals surface area contributed by atoms with Gasteiger partial charge in [0.15, 0.2) is 17.0 Å². The summed E-state index contributed by atoms with van der Waals surface area (Å²) in [5.74, 6) is 0.521. The van der Waals surface area contributed by atoms with Crippen LogP contribution < -0.4 is 5.32 Å². The van der Waals surface area contributed by atoms with Crippen molar-refractivity contribution in [1.82, 2.24) is 29.3 Å². The van der Waals surface area contributed by atoms with Gasteiger partial charge in [-0.1, -0.05) is 30.3 Å². The third-order valence-electron chi connectivity index (χ3n) is 6.26. The van der Waals surface area contributed by atoms with Crippen LogP contribution in [0.15, 0.2) is 49.1 Å². The predicted octanol–water partition coefficient (Wildman–Crippen LogP) is 3.15. The van der Waals surface area contributed by atoms with Crippen molar-refractivity contribution < 1.29 is 10.2 Å². The molecule has 0 amide bonds. The van der Waals surface area contributed by atoms with Gasteiger partial charge in [0.1, 0.15) is 0 Å². The fourth-order valence-electron chi connectivity index (χ4n) is 4.60. The van der Waals surface area contributed by atoms with Crippen molar-refractivity contribution in [3.05, 3.63) is 65.5 Å². The summed E-state index contributed by atoms with van der Waals surface area (Å²) in [5.41, 5.74) is 3.24. The molecule has 3 heterocycles. The summed E-state index contributed by atoms with van der Waals surface area (Å²) in [6.45, 7) is -0.0602. The Kier molecular flexibility index (Phi) is 6.26. The van der Waals surface area contributed by atoms with E-state index in [0.29, 0.717) is 23.4 Å². The molecular weight excluding hydrogens is 442 g/mol. The molecule has 3 N–H and O–H groups in total. The Morgan fingerprint density at radius 3 is 2.67 bits per heavy atom. The van der Waals surface area contributed by atoms with Crippen molar-refractivity contribution in [2.24, 2.45) is 0 Å². The van der Waals surface area contributed by atoms with Crippen molar-refractivity contribution in [1.29, 1.82) is 0 Å². The van der Waals surface area contributed by atoms with Gasteiger partial charge < -0.3 is 20.1 Å². The molecule has 0 aliphatic heterocycles. The van der Waals surface area contributed by atoms with Gasteiger partial charge in [-0.05, 0) is 42.8 Å². The zero-order chi connectivity index (χ0) is 22.8. The van der Waals surface area contributed by atoms with Gasteiger partial charge in [0.2, 0.25) is 5.28 Å². The molecule has 172 valence electrons. The number of halogens is 1. The fraction of sp³-hybridized carbons (Fsp3) is 0.391. The number of benzene rings is 1. The fourth-order valence-corrected chi connectivity index (χ4v) is 4.76. The maximum atomic E-state index is 9.94. The molecule has 3 aromatic heterocycles. The van der Waals surface area contributed by atoms with E-state index in [1.807, 2.05) is 41.2 Å². The van der Waals surface area contributed by atoms with Crippen molar-refractivity contribution in [2.75, 3.05) is 11.9 Å². The monoisotopic (exact) mass is 467 g/mol. The summed E-state index contributed by atoms with van der Waals surface area (Å²) in [4.78, 5) is 13.4. The SMILES string of the molecule is OCc1cnn([C@@H]2CC[C@H](n3cnc4c(N[C@H](CO)Cc5ccccc5)nc(Cl)nc43)C2)c1. The van der Waals surface area contributed by atoms with Crippen molar-refractivity contribution in [3.8, 4) is 0 Å². The molecule has 0 saturated heterocycles. The summed E-state index contributed by atoms with van der Waals surface area (Å²) in [6.07, 6.45) is 8.87. The molecule has 0 bridgehead atoms. The second-order valence-corrected chi connectivity index (χ2v) is 8.82. The summed E-state index contributed by atoms with van der Waals surface area (Å²) >= 11 is 6.29. The Hall–Kier alpha value is -3.01. The number of aliphatic hydroxyl groups excluding tert-OH is 2. The lowest BCUT2D eigenvalue weighted by molar-refractivity contribution is 0.273. The molecule has 0 radical (unpaired) electrons. The molecule has 1 aliphatic carbocycles. The van der Waals surface area contributed by atoms with Crippen LogP contribution in [0, 0.1) is 0 Å². The normalized spacial score (nSPS) is 19.2. The number of nitrogens with zero attached hydrogens (tertiary/aromatic N) is 6. The van der Waals surface area contributed by atoms with Crippen LogP contribution in [-0.4, -0.2) is 52.2 Å². The highest BCUT2D eigenvalue weighted by Gasteiger charge is 2.30. The Morgan fingerprint density at radius 2 is 1.91 bits per heavy atom. The largest absolute Gasteiger partial charge is 0.394 e. The molecule has 10 heteroatoms. The van der Waals surface area contributed by atoms with Gasteiger partial charge >= 0.3 is 0 Å². The van der Waals surface area contributed by atoms with E-state index in [0.717, 1.165) is 30.4 Å². The van der Waals surface area contributed by atoms with Gasteiger partial charge in [-0.25, -0.2) is 4.98 Å². The minimum Gasteiger partial charge on any atom is -0.394 e. The first-order valence-electron chi connectivity index (χ1n) is 11.1. The van der Waals surface area contributed by atoms with Gasteiger partial charge in [0, 0.05) is 17.8 Å². The Balaban J connectivity index is 1.37. The minimum atomic E-state index is -0.233. The number of rotatable bonds is 8. The second-order valence-electron chi connectivity index (χ2n) is 8.49. The van der Waals surface area contributed by atoms with E-state index >= 15 is 0 Å². The topological polar surface area (TPSA) is 114 Å². The first-order chi connectivity index (χ1) is 16.1. The number of fused-ring (bicyclic) bond motifs is 1. The van der Waals surface area contributed by atoms with Gasteiger partial charge in [0.05, 0.1) is 37.8 Å². The maximum Gasteiger partial charge on any atom is 0.226 e. The number of nitrogens with one attached hydrogen (secondary N) is 1. The summed E-state index contributed by atoms with van der Waals surface area (Å²) in [6, 6.07) is 10.2. The van der Waals surface area contributed by atoms with Crippen LogP contribution in [0.4, 0.5) is 5.82 Å². The van der Waals surface area contributed by atoms with Crippen LogP contribution in [0.2, 0.25) is 5.28 Å². The smallest absolute Gasteiger partial charge is 0.226 e. The van der Waals surface area contributed by atoms with E-state index in [-0.39, 0.29) is 36.6 Å². The van der Waals surface area contributed by atoms with Gasteiger partial charge in [-0.3, -0.25) is 4.68 Å². The van der Waals surface area contributed by atoms with Crippen LogP contribution in [0.25, 0.3) is 11.2 Å².